The number of nitrogens with zero attached hydrogens (tertiary/aromatic N) is 1. The summed E-state index contributed by atoms with van der Waals surface area (Å²) in [7, 11) is 0. The summed E-state index contributed by atoms with van der Waals surface area (Å²) in [5, 5.41) is 12.1. The van der Waals surface area contributed by atoms with Crippen molar-refractivity contribution in [2.75, 3.05) is 26.3 Å². The summed E-state index contributed by atoms with van der Waals surface area (Å²) in [5.41, 5.74) is 1.01. The van der Waals surface area contributed by atoms with Crippen molar-refractivity contribution in [1.82, 2.24) is 10.2 Å². The molecule has 2 atom stereocenters. The van der Waals surface area contributed by atoms with Gasteiger partial charge >= 0.3 is 0 Å². The molecule has 2 rings (SSSR count). The Morgan fingerprint density at radius 2 is 2.05 bits per heavy atom. The van der Waals surface area contributed by atoms with Crippen LogP contribution in [0.1, 0.15) is 12.5 Å². The molecular weight excluding hydrogens is 284 g/mol. The summed E-state index contributed by atoms with van der Waals surface area (Å²) >= 11 is 0. The van der Waals surface area contributed by atoms with Crippen LogP contribution in [0.4, 0.5) is 0 Å². The quantitative estimate of drug-likeness (QED) is 0.785. The molecule has 6 nitrogen and oxygen atoms in total. The number of likely N-dealkylation sites (tertiary alicyclic amines) is 1. The van der Waals surface area contributed by atoms with E-state index in [-0.39, 0.29) is 37.0 Å². The Morgan fingerprint density at radius 1 is 1.32 bits per heavy atom. The van der Waals surface area contributed by atoms with E-state index >= 15 is 0 Å². The van der Waals surface area contributed by atoms with Crippen molar-refractivity contribution in [3.05, 3.63) is 35.9 Å². The second kappa shape index (κ2) is 7.91. The van der Waals surface area contributed by atoms with Crippen LogP contribution in [-0.2, 0) is 20.9 Å². The molecule has 1 aromatic rings. The van der Waals surface area contributed by atoms with E-state index in [1.54, 1.807) is 4.90 Å². The van der Waals surface area contributed by atoms with Crippen LogP contribution in [0.5, 0.6) is 0 Å². The molecule has 1 aromatic carbocycles. The van der Waals surface area contributed by atoms with E-state index in [0.29, 0.717) is 19.7 Å². The average molecular weight is 306 g/mol. The van der Waals surface area contributed by atoms with E-state index < -0.39 is 0 Å². The lowest BCUT2D eigenvalue weighted by Crippen LogP contribution is -2.41. The number of ether oxygens (including phenoxy) is 1. The van der Waals surface area contributed by atoms with Crippen molar-refractivity contribution in [3.8, 4) is 0 Å². The second-order valence-corrected chi connectivity index (χ2v) is 5.53. The van der Waals surface area contributed by atoms with Crippen molar-refractivity contribution in [3.63, 3.8) is 0 Å². The minimum absolute atomic E-state index is 0.000164. The molecule has 1 heterocycles. The van der Waals surface area contributed by atoms with E-state index in [9.17, 15) is 14.7 Å². The first-order valence-electron chi connectivity index (χ1n) is 7.37. The minimum Gasteiger partial charge on any atom is -0.396 e. The van der Waals surface area contributed by atoms with E-state index in [4.69, 9.17) is 4.74 Å². The molecule has 1 aliphatic rings. The van der Waals surface area contributed by atoms with Crippen LogP contribution in [0, 0.1) is 5.92 Å². The van der Waals surface area contributed by atoms with Gasteiger partial charge in [0.2, 0.25) is 11.8 Å². The number of aliphatic hydroxyl groups excluding tert-OH is 1. The molecule has 2 N–H and O–H groups in total. The molecule has 0 radical (unpaired) electrons. The van der Waals surface area contributed by atoms with Crippen molar-refractivity contribution in [1.29, 1.82) is 0 Å². The molecule has 0 aromatic heterocycles. The SMILES string of the molecule is CC(=O)N[C@@H]1CN(C(=O)COCc2ccccc2)C[C@H]1CO. The van der Waals surface area contributed by atoms with E-state index in [1.807, 2.05) is 30.3 Å². The predicted molar refractivity (Wildman–Crippen MR) is 80.9 cm³/mol. The number of rotatable bonds is 6. The fourth-order valence-electron chi connectivity index (χ4n) is 2.61. The number of hydrogen-bond donors (Lipinski definition) is 2. The Hall–Kier alpha value is -1.92. The predicted octanol–water partition coefficient (Wildman–Crippen LogP) is 0.159. The second-order valence-electron chi connectivity index (χ2n) is 5.53. The van der Waals surface area contributed by atoms with Gasteiger partial charge < -0.3 is 20.1 Å². The maximum absolute atomic E-state index is 12.1. The number of carbonyl (C=O) groups excluding carboxylic acids is 2. The van der Waals surface area contributed by atoms with Gasteiger partial charge in [-0.3, -0.25) is 9.59 Å². The van der Waals surface area contributed by atoms with Crippen molar-refractivity contribution >= 4 is 11.8 Å². The molecule has 1 fully saturated rings. The standard InChI is InChI=1S/C16H22N2O4/c1-12(20)17-15-8-18(7-14(15)9-19)16(21)11-22-10-13-5-3-2-4-6-13/h2-6,14-15,19H,7-11H2,1H3,(H,17,20)/t14-,15+/m0/s1. The Kier molecular flexibility index (Phi) is 5.91. The van der Waals surface area contributed by atoms with Gasteiger partial charge in [0.1, 0.15) is 6.61 Å². The number of carbonyl (C=O) groups is 2. The van der Waals surface area contributed by atoms with Crippen LogP contribution >= 0.6 is 0 Å². The van der Waals surface area contributed by atoms with Gasteiger partial charge in [-0.1, -0.05) is 30.3 Å². The zero-order valence-corrected chi connectivity index (χ0v) is 12.7. The number of hydrogen-bond acceptors (Lipinski definition) is 4. The lowest BCUT2D eigenvalue weighted by molar-refractivity contribution is -0.135. The molecule has 0 spiro atoms. The Morgan fingerprint density at radius 3 is 2.68 bits per heavy atom. The first-order chi connectivity index (χ1) is 10.6. The first kappa shape index (κ1) is 16.5. The van der Waals surface area contributed by atoms with Crippen LogP contribution in [0.25, 0.3) is 0 Å². The van der Waals surface area contributed by atoms with Crippen molar-refractivity contribution < 1.29 is 19.4 Å². The van der Waals surface area contributed by atoms with Crippen LogP contribution in [0.2, 0.25) is 0 Å². The lowest BCUT2D eigenvalue weighted by atomic mass is 10.1. The molecule has 1 saturated heterocycles. The Labute approximate surface area is 130 Å². The molecular formula is C16H22N2O4. The lowest BCUT2D eigenvalue weighted by Gasteiger charge is -2.17. The van der Waals surface area contributed by atoms with E-state index in [0.717, 1.165) is 5.56 Å². The molecule has 6 heteroatoms. The van der Waals surface area contributed by atoms with Crippen molar-refractivity contribution in [2.24, 2.45) is 5.92 Å². The summed E-state index contributed by atoms with van der Waals surface area (Å²) in [5.74, 6) is -0.401. The minimum atomic E-state index is -0.194. The molecule has 0 saturated carbocycles. The van der Waals surface area contributed by atoms with Gasteiger partial charge in [0, 0.05) is 32.5 Å². The van der Waals surface area contributed by atoms with Crippen LogP contribution < -0.4 is 5.32 Å². The Balaban J connectivity index is 1.79. The fraction of sp³-hybridized carbons (Fsp3) is 0.500. The number of aliphatic hydroxyl groups is 1. The Bertz CT molecular complexity index is 506. The summed E-state index contributed by atoms with van der Waals surface area (Å²) in [6.07, 6.45) is 0. The smallest absolute Gasteiger partial charge is 0.248 e. The van der Waals surface area contributed by atoms with Crippen LogP contribution in [-0.4, -0.2) is 54.2 Å². The van der Waals surface area contributed by atoms with E-state index in [2.05, 4.69) is 5.32 Å². The van der Waals surface area contributed by atoms with E-state index in [1.165, 1.54) is 6.92 Å². The topological polar surface area (TPSA) is 78.9 Å². The monoisotopic (exact) mass is 306 g/mol. The number of benzene rings is 1. The first-order valence-corrected chi connectivity index (χ1v) is 7.37. The highest BCUT2D eigenvalue weighted by molar-refractivity contribution is 5.78. The third kappa shape index (κ3) is 4.54. The molecule has 22 heavy (non-hydrogen) atoms. The highest BCUT2D eigenvalue weighted by atomic mass is 16.5. The van der Waals surface area contributed by atoms with Gasteiger partial charge in [-0.05, 0) is 5.56 Å². The normalized spacial score (nSPS) is 20.9. The summed E-state index contributed by atoms with van der Waals surface area (Å²) in [4.78, 5) is 24.9. The summed E-state index contributed by atoms with van der Waals surface area (Å²) < 4.78 is 5.44. The molecule has 0 bridgehead atoms. The summed E-state index contributed by atoms with van der Waals surface area (Å²) in [6.45, 7) is 2.62. The molecule has 2 amide bonds. The summed E-state index contributed by atoms with van der Waals surface area (Å²) in [6, 6.07) is 9.45. The maximum atomic E-state index is 12.1. The van der Waals surface area contributed by atoms with Crippen molar-refractivity contribution in [2.45, 2.75) is 19.6 Å². The molecule has 0 unspecified atom stereocenters. The van der Waals surface area contributed by atoms with Gasteiger partial charge in [-0.2, -0.15) is 0 Å². The van der Waals surface area contributed by atoms with Gasteiger partial charge in [0.15, 0.2) is 0 Å². The zero-order valence-electron chi connectivity index (χ0n) is 12.7. The van der Waals surface area contributed by atoms with Crippen LogP contribution in [0.3, 0.4) is 0 Å². The number of amides is 2. The van der Waals surface area contributed by atoms with Gasteiger partial charge in [-0.25, -0.2) is 0 Å². The molecule has 120 valence electrons. The highest BCUT2D eigenvalue weighted by Gasteiger charge is 2.35. The van der Waals surface area contributed by atoms with Gasteiger partial charge in [0.05, 0.1) is 12.6 Å². The third-order valence-electron chi connectivity index (χ3n) is 3.75. The third-order valence-corrected chi connectivity index (χ3v) is 3.75. The average Bonchev–Trinajstić information content (AvgIpc) is 2.90. The zero-order chi connectivity index (χ0) is 15.9. The molecule has 1 aliphatic heterocycles. The molecule has 0 aliphatic carbocycles. The largest absolute Gasteiger partial charge is 0.396 e. The van der Waals surface area contributed by atoms with Crippen LogP contribution in [0.15, 0.2) is 30.3 Å². The fourth-order valence-corrected chi connectivity index (χ4v) is 2.61. The highest BCUT2D eigenvalue weighted by Crippen LogP contribution is 2.17. The van der Waals surface area contributed by atoms with Gasteiger partial charge in [-0.15, -0.1) is 0 Å². The van der Waals surface area contributed by atoms with Gasteiger partial charge in [0.25, 0.3) is 0 Å². The number of nitrogens with one attached hydrogen (secondary N) is 1. The maximum Gasteiger partial charge on any atom is 0.248 e.